The van der Waals surface area contributed by atoms with Crippen LogP contribution in [0.2, 0.25) is 0 Å². The van der Waals surface area contributed by atoms with Gasteiger partial charge in [-0.3, -0.25) is 0 Å². The minimum Gasteiger partial charge on any atom is -0.310 e. The third-order valence-corrected chi connectivity index (χ3v) is 13.1. The topological polar surface area (TPSA) is 6.48 Å². The lowest BCUT2D eigenvalue weighted by Crippen LogP contribution is -2.30. The van der Waals surface area contributed by atoms with Crippen molar-refractivity contribution >= 4 is 34.1 Å². The number of hydrogen-bond acceptors (Lipinski definition) is 2. The van der Waals surface area contributed by atoms with E-state index in [1.807, 2.05) is 0 Å². The summed E-state index contributed by atoms with van der Waals surface area (Å²) in [5.41, 5.74) is 17.6. The minimum absolute atomic E-state index is 0.0459. The molecule has 0 heterocycles. The molecule has 0 radical (unpaired) electrons. The molecule has 2 aliphatic carbocycles. The Morgan fingerprint density at radius 3 is 1.44 bits per heavy atom. The molecule has 8 aromatic rings. The van der Waals surface area contributed by atoms with Crippen LogP contribution in [-0.2, 0) is 10.8 Å². The van der Waals surface area contributed by atoms with Crippen LogP contribution in [-0.4, -0.2) is 0 Å². The molecule has 0 saturated heterocycles. The van der Waals surface area contributed by atoms with Crippen molar-refractivity contribution in [3.63, 3.8) is 0 Å². The van der Waals surface area contributed by atoms with Crippen molar-refractivity contribution in [2.75, 3.05) is 9.80 Å². The molecule has 0 aromatic heterocycles. The van der Waals surface area contributed by atoms with Crippen LogP contribution in [0, 0.1) is 0 Å². The molecular weight excluding hydrogens is 713 g/mol. The van der Waals surface area contributed by atoms with Crippen LogP contribution < -0.4 is 9.80 Å². The zero-order valence-corrected chi connectivity index (χ0v) is 34.1. The molecule has 1 fully saturated rings. The molecule has 2 heteroatoms. The van der Waals surface area contributed by atoms with Gasteiger partial charge < -0.3 is 9.80 Å². The number of hydrogen-bond donors (Lipinski definition) is 0. The molecule has 2 aliphatic rings. The maximum Gasteiger partial charge on any atom is 0.0540 e. The van der Waals surface area contributed by atoms with Gasteiger partial charge in [0.2, 0.25) is 0 Å². The average molecular weight is 763 g/mol. The summed E-state index contributed by atoms with van der Waals surface area (Å²) >= 11 is 0. The maximum atomic E-state index is 2.43. The fourth-order valence-corrected chi connectivity index (χ4v) is 10.1. The quantitative estimate of drug-likeness (QED) is 0.144. The Hall–Kier alpha value is -6.64. The van der Waals surface area contributed by atoms with E-state index < -0.39 is 0 Å². The predicted molar refractivity (Wildman–Crippen MR) is 249 cm³/mol. The van der Waals surface area contributed by atoms with Gasteiger partial charge in [0.1, 0.15) is 0 Å². The Morgan fingerprint density at radius 1 is 0.356 bits per heavy atom. The van der Waals surface area contributed by atoms with Crippen LogP contribution in [0.25, 0.3) is 22.3 Å². The van der Waals surface area contributed by atoms with Crippen molar-refractivity contribution in [2.45, 2.75) is 56.8 Å². The Bertz CT molecular complexity index is 2690. The van der Waals surface area contributed by atoms with Crippen LogP contribution in [0.1, 0.15) is 68.2 Å². The highest BCUT2D eigenvalue weighted by Gasteiger charge is 2.37. The summed E-state index contributed by atoms with van der Waals surface area (Å²) < 4.78 is 0. The molecule has 0 bridgehead atoms. The number of anilines is 6. The summed E-state index contributed by atoms with van der Waals surface area (Å²) in [6.07, 6.45) is 6.04. The summed E-state index contributed by atoms with van der Waals surface area (Å²) in [7, 11) is 0. The number of para-hydroxylation sites is 3. The molecule has 0 spiro atoms. The molecule has 0 unspecified atom stereocenters. The van der Waals surface area contributed by atoms with Gasteiger partial charge in [-0.2, -0.15) is 0 Å². The molecule has 10 rings (SSSR count). The minimum atomic E-state index is -0.0690. The first kappa shape index (κ1) is 36.7. The van der Waals surface area contributed by atoms with E-state index in [0.717, 1.165) is 29.9 Å². The first-order valence-electron chi connectivity index (χ1n) is 21.3. The lowest BCUT2D eigenvalue weighted by atomic mass is 9.65. The third-order valence-electron chi connectivity index (χ3n) is 13.1. The molecule has 0 aliphatic heterocycles. The molecule has 1 saturated carbocycles. The summed E-state index contributed by atoms with van der Waals surface area (Å²) in [6, 6.07) is 76.2. The smallest absolute Gasteiger partial charge is 0.0540 e. The van der Waals surface area contributed by atoms with E-state index in [2.05, 4.69) is 230 Å². The fourth-order valence-electron chi connectivity index (χ4n) is 10.1. The third kappa shape index (κ3) is 6.54. The summed E-state index contributed by atoms with van der Waals surface area (Å²) in [4.78, 5) is 4.84. The van der Waals surface area contributed by atoms with E-state index in [-0.39, 0.29) is 10.8 Å². The molecule has 288 valence electrons. The van der Waals surface area contributed by atoms with Gasteiger partial charge in [0, 0.05) is 44.8 Å². The highest BCUT2D eigenvalue weighted by molar-refractivity contribution is 5.88. The van der Waals surface area contributed by atoms with Crippen molar-refractivity contribution in [2.24, 2.45) is 0 Å². The second-order valence-electron chi connectivity index (χ2n) is 16.9. The van der Waals surface area contributed by atoms with Gasteiger partial charge in [-0.1, -0.05) is 173 Å². The molecule has 0 amide bonds. The fraction of sp³-hybridized carbons (Fsp3) is 0.158. The van der Waals surface area contributed by atoms with E-state index in [0.29, 0.717) is 0 Å². The Morgan fingerprint density at radius 2 is 0.814 bits per heavy atom. The Kier molecular flexibility index (Phi) is 9.49. The number of rotatable bonds is 9. The van der Waals surface area contributed by atoms with Crippen molar-refractivity contribution in [3.05, 3.63) is 229 Å². The second-order valence-corrected chi connectivity index (χ2v) is 16.9. The SMILES string of the molecule is CC1(C)c2ccccc2-c2ccc(N(c3ccccc3)c3ccc(C4(c5ccc(N(c6ccccc6)c6ccccc6-c6ccccc6)cc5)CCCCC4)cc3)cc21. The van der Waals surface area contributed by atoms with Crippen molar-refractivity contribution in [1.29, 1.82) is 0 Å². The number of benzene rings is 8. The van der Waals surface area contributed by atoms with Crippen LogP contribution >= 0.6 is 0 Å². The van der Waals surface area contributed by atoms with E-state index in [1.165, 1.54) is 80.8 Å². The summed E-state index contributed by atoms with van der Waals surface area (Å²) in [5, 5.41) is 0. The standard InChI is InChI=1S/C57H50N2/c1-56(2)53-27-15-13-26-51(53)52-38-37-49(41-54(52)56)58(45-21-9-4-10-22-45)47-33-29-43(30-34-47)57(39-17-6-18-40-57)44-31-35-48(36-32-44)59(46-23-11-5-12-24-46)55-28-16-14-25-50(55)42-19-7-3-8-20-42/h3-5,7-16,19-38,41H,6,17-18,39-40H2,1-2H3. The zero-order chi connectivity index (χ0) is 39.8. The van der Waals surface area contributed by atoms with Crippen molar-refractivity contribution in [1.82, 2.24) is 0 Å². The molecule has 59 heavy (non-hydrogen) atoms. The van der Waals surface area contributed by atoms with Crippen molar-refractivity contribution in [3.8, 4) is 22.3 Å². The molecule has 0 N–H and O–H groups in total. The molecule has 0 atom stereocenters. The van der Waals surface area contributed by atoms with Crippen LogP contribution in [0.15, 0.2) is 206 Å². The van der Waals surface area contributed by atoms with Gasteiger partial charge in [-0.05, 0) is 119 Å². The predicted octanol–water partition coefficient (Wildman–Crippen LogP) is 15.8. The Balaban J connectivity index is 1.02. The van der Waals surface area contributed by atoms with Gasteiger partial charge in [0.15, 0.2) is 0 Å². The van der Waals surface area contributed by atoms with E-state index in [9.17, 15) is 0 Å². The van der Waals surface area contributed by atoms with Gasteiger partial charge in [-0.25, -0.2) is 0 Å². The lowest BCUT2D eigenvalue weighted by Gasteiger charge is -2.39. The van der Waals surface area contributed by atoms with Crippen LogP contribution in [0.3, 0.4) is 0 Å². The van der Waals surface area contributed by atoms with Crippen molar-refractivity contribution < 1.29 is 0 Å². The Labute approximate surface area is 350 Å². The zero-order valence-electron chi connectivity index (χ0n) is 34.1. The normalized spacial score (nSPS) is 14.9. The van der Waals surface area contributed by atoms with Crippen LogP contribution in [0.4, 0.5) is 34.1 Å². The molecular formula is C57H50N2. The van der Waals surface area contributed by atoms with Gasteiger partial charge in [-0.15, -0.1) is 0 Å². The highest BCUT2D eigenvalue weighted by Crippen LogP contribution is 2.51. The van der Waals surface area contributed by atoms with Gasteiger partial charge in [0.25, 0.3) is 0 Å². The highest BCUT2D eigenvalue weighted by atomic mass is 15.1. The molecule has 2 nitrogen and oxygen atoms in total. The van der Waals surface area contributed by atoms with Crippen LogP contribution in [0.5, 0.6) is 0 Å². The summed E-state index contributed by atoms with van der Waals surface area (Å²) in [6.45, 7) is 4.73. The lowest BCUT2D eigenvalue weighted by molar-refractivity contribution is 0.346. The first-order valence-corrected chi connectivity index (χ1v) is 21.3. The van der Waals surface area contributed by atoms with E-state index >= 15 is 0 Å². The molecule has 8 aromatic carbocycles. The van der Waals surface area contributed by atoms with E-state index in [1.54, 1.807) is 0 Å². The van der Waals surface area contributed by atoms with Gasteiger partial charge in [0.05, 0.1) is 5.69 Å². The largest absolute Gasteiger partial charge is 0.310 e. The monoisotopic (exact) mass is 762 g/mol. The summed E-state index contributed by atoms with van der Waals surface area (Å²) in [5.74, 6) is 0. The number of nitrogens with zero attached hydrogens (tertiary/aromatic N) is 2. The van der Waals surface area contributed by atoms with Gasteiger partial charge >= 0.3 is 0 Å². The number of fused-ring (bicyclic) bond motifs is 3. The second kappa shape index (κ2) is 15.3. The first-order chi connectivity index (χ1) is 29.0. The van der Waals surface area contributed by atoms with E-state index in [4.69, 9.17) is 0 Å². The maximum absolute atomic E-state index is 2.43. The average Bonchev–Trinajstić information content (AvgIpc) is 3.53.